The largest absolute Gasteiger partial charge is 0.279 e. The van der Waals surface area contributed by atoms with Crippen molar-refractivity contribution in [3.63, 3.8) is 0 Å². The summed E-state index contributed by atoms with van der Waals surface area (Å²) >= 11 is 0. The highest BCUT2D eigenvalue weighted by Gasteiger charge is 2.26. The quantitative estimate of drug-likeness (QED) is 0.423. The molecule has 0 N–H and O–H groups in total. The van der Waals surface area contributed by atoms with Gasteiger partial charge in [-0.2, -0.15) is 0 Å². The normalized spacial score (nSPS) is 29.3. The molecule has 0 atom stereocenters. The van der Waals surface area contributed by atoms with Crippen LogP contribution in [-0.2, 0) is 9.84 Å². The Labute approximate surface area is 42.8 Å². The standard InChI is InChI=1S/C3H7NO2S/c1-4-2-7(5,6)3-4/h2-3H2,1H3. The maximum absolute atomic E-state index is 10.3. The summed E-state index contributed by atoms with van der Waals surface area (Å²) in [6, 6.07) is 0. The van der Waals surface area contributed by atoms with Crippen molar-refractivity contribution in [1.29, 1.82) is 0 Å². The Morgan fingerprint density at radius 3 is 1.86 bits per heavy atom. The first-order chi connectivity index (χ1) is 3.10. The molecule has 0 aromatic heterocycles. The Kier molecular flexibility index (Phi) is 0.864. The molecule has 4 heteroatoms. The van der Waals surface area contributed by atoms with Crippen molar-refractivity contribution in [1.82, 2.24) is 4.90 Å². The van der Waals surface area contributed by atoms with Crippen LogP contribution in [0.3, 0.4) is 0 Å². The van der Waals surface area contributed by atoms with E-state index in [4.69, 9.17) is 0 Å². The lowest BCUT2D eigenvalue weighted by molar-refractivity contribution is 0.381. The molecule has 0 amide bonds. The maximum atomic E-state index is 10.3. The van der Waals surface area contributed by atoms with Crippen molar-refractivity contribution in [2.24, 2.45) is 0 Å². The zero-order chi connectivity index (χ0) is 5.49. The lowest BCUT2D eigenvalue weighted by Crippen LogP contribution is -2.43. The smallest absolute Gasteiger partial charge is 0.176 e. The van der Waals surface area contributed by atoms with Crippen molar-refractivity contribution < 1.29 is 8.42 Å². The van der Waals surface area contributed by atoms with E-state index in [0.29, 0.717) is 0 Å². The minimum Gasteiger partial charge on any atom is -0.279 e. The van der Waals surface area contributed by atoms with Crippen LogP contribution >= 0.6 is 0 Å². The third kappa shape index (κ3) is 0.920. The van der Waals surface area contributed by atoms with E-state index in [0.717, 1.165) is 0 Å². The number of hydrogen-bond acceptors (Lipinski definition) is 3. The molecule has 0 aromatic carbocycles. The van der Waals surface area contributed by atoms with Crippen molar-refractivity contribution in [2.45, 2.75) is 0 Å². The van der Waals surface area contributed by atoms with E-state index < -0.39 is 9.84 Å². The molecule has 0 saturated carbocycles. The maximum Gasteiger partial charge on any atom is 0.176 e. The summed E-state index contributed by atoms with van der Waals surface area (Å²) in [6.07, 6.45) is 0. The number of sulfone groups is 1. The van der Waals surface area contributed by atoms with Crippen LogP contribution in [0, 0.1) is 0 Å². The predicted octanol–water partition coefficient (Wildman–Crippen LogP) is -0.738. The summed E-state index contributed by atoms with van der Waals surface area (Å²) < 4.78 is 20.5. The average Bonchev–Trinajstić information content (AvgIpc) is 1.27. The van der Waals surface area contributed by atoms with Gasteiger partial charge in [0.25, 0.3) is 0 Å². The summed E-state index contributed by atoms with van der Waals surface area (Å²) in [4.78, 5) is 1.75. The van der Waals surface area contributed by atoms with Gasteiger partial charge in [-0.15, -0.1) is 0 Å². The highest BCUT2D eigenvalue weighted by molar-refractivity contribution is 7.92. The van der Waals surface area contributed by atoms with E-state index in [1.54, 1.807) is 11.9 Å². The van der Waals surface area contributed by atoms with Gasteiger partial charge in [0, 0.05) is 0 Å². The molecule has 42 valence electrons. The Hall–Kier alpha value is -0.0900. The van der Waals surface area contributed by atoms with E-state index in [1.807, 2.05) is 0 Å². The highest BCUT2D eigenvalue weighted by atomic mass is 32.2. The lowest BCUT2D eigenvalue weighted by Gasteiger charge is -2.25. The minimum atomic E-state index is -2.60. The Bertz CT molecular complexity index is 148. The second-order valence-electron chi connectivity index (χ2n) is 1.86. The van der Waals surface area contributed by atoms with Gasteiger partial charge in [-0.25, -0.2) is 8.42 Å². The van der Waals surface area contributed by atoms with E-state index in [1.165, 1.54) is 0 Å². The predicted molar refractivity (Wildman–Crippen MR) is 26.4 cm³/mol. The summed E-state index contributed by atoms with van der Waals surface area (Å²) in [7, 11) is -0.826. The van der Waals surface area contributed by atoms with Gasteiger partial charge in [-0.1, -0.05) is 0 Å². The fourth-order valence-corrected chi connectivity index (χ4v) is 1.90. The monoisotopic (exact) mass is 121 g/mol. The van der Waals surface area contributed by atoms with E-state index in [2.05, 4.69) is 0 Å². The van der Waals surface area contributed by atoms with Gasteiger partial charge < -0.3 is 0 Å². The molecule has 1 aliphatic heterocycles. The van der Waals surface area contributed by atoms with E-state index in [-0.39, 0.29) is 11.8 Å². The molecule has 1 heterocycles. The van der Waals surface area contributed by atoms with Gasteiger partial charge in [-0.05, 0) is 7.05 Å². The summed E-state index contributed by atoms with van der Waals surface area (Å²) in [5.41, 5.74) is 0. The molecule has 1 saturated heterocycles. The fourth-order valence-electron chi connectivity index (χ4n) is 0.634. The van der Waals surface area contributed by atoms with Gasteiger partial charge >= 0.3 is 0 Å². The first kappa shape index (κ1) is 5.05. The zero-order valence-corrected chi connectivity index (χ0v) is 4.90. The molecule has 3 nitrogen and oxygen atoms in total. The number of nitrogens with zero attached hydrogens (tertiary/aromatic N) is 1. The third-order valence-electron chi connectivity index (χ3n) is 0.834. The van der Waals surface area contributed by atoms with Gasteiger partial charge in [0.2, 0.25) is 0 Å². The second kappa shape index (κ2) is 1.20. The first-order valence-corrected chi connectivity index (χ1v) is 3.81. The van der Waals surface area contributed by atoms with Gasteiger partial charge in [0.05, 0.1) is 0 Å². The van der Waals surface area contributed by atoms with Crippen molar-refractivity contribution in [3.05, 3.63) is 0 Å². The lowest BCUT2D eigenvalue weighted by atomic mass is 11.0. The molecule has 0 unspecified atom stereocenters. The first-order valence-electron chi connectivity index (χ1n) is 1.99. The van der Waals surface area contributed by atoms with Crippen LogP contribution in [0.2, 0.25) is 0 Å². The average molecular weight is 121 g/mol. The molecule has 1 aliphatic rings. The van der Waals surface area contributed by atoms with E-state index in [9.17, 15) is 8.42 Å². The van der Waals surface area contributed by atoms with Crippen molar-refractivity contribution in [3.8, 4) is 0 Å². The number of hydrogen-bond donors (Lipinski definition) is 0. The van der Waals surface area contributed by atoms with Crippen molar-refractivity contribution >= 4 is 9.84 Å². The summed E-state index contributed by atoms with van der Waals surface area (Å²) in [6.45, 7) is 0. The van der Waals surface area contributed by atoms with Gasteiger partial charge in [0.1, 0.15) is 11.8 Å². The molecule has 0 bridgehead atoms. The Morgan fingerprint density at radius 1 is 1.43 bits per heavy atom. The summed E-state index contributed by atoms with van der Waals surface area (Å²) in [5.74, 6) is 0.486. The SMILES string of the molecule is CN1CS(=O)(=O)C1. The van der Waals surface area contributed by atoms with Gasteiger partial charge in [0.15, 0.2) is 9.84 Å². The molecule has 1 fully saturated rings. The zero-order valence-electron chi connectivity index (χ0n) is 4.09. The highest BCUT2D eigenvalue weighted by Crippen LogP contribution is 2.06. The van der Waals surface area contributed by atoms with Crippen molar-refractivity contribution in [2.75, 3.05) is 18.8 Å². The topological polar surface area (TPSA) is 37.4 Å². The Balaban J connectivity index is 2.61. The van der Waals surface area contributed by atoms with Gasteiger partial charge in [-0.3, -0.25) is 4.90 Å². The van der Waals surface area contributed by atoms with Crippen LogP contribution in [0.5, 0.6) is 0 Å². The molecule has 0 aromatic rings. The molecule has 7 heavy (non-hydrogen) atoms. The second-order valence-corrected chi connectivity index (χ2v) is 3.86. The minimum absolute atomic E-state index is 0.243. The van der Waals surface area contributed by atoms with Crippen LogP contribution in [0.4, 0.5) is 0 Å². The number of rotatable bonds is 0. The molecule has 0 spiro atoms. The Morgan fingerprint density at radius 2 is 1.86 bits per heavy atom. The van der Waals surface area contributed by atoms with Crippen LogP contribution < -0.4 is 0 Å². The molecule has 0 radical (unpaired) electrons. The fraction of sp³-hybridized carbons (Fsp3) is 1.00. The van der Waals surface area contributed by atoms with E-state index >= 15 is 0 Å². The van der Waals surface area contributed by atoms with Crippen LogP contribution in [0.1, 0.15) is 0 Å². The van der Waals surface area contributed by atoms with Crippen LogP contribution in [0.25, 0.3) is 0 Å². The van der Waals surface area contributed by atoms with Crippen LogP contribution in [0.15, 0.2) is 0 Å². The van der Waals surface area contributed by atoms with Crippen LogP contribution in [-0.4, -0.2) is 32.1 Å². The summed E-state index contributed by atoms with van der Waals surface area (Å²) in [5, 5.41) is 0. The molecular weight excluding hydrogens is 114 g/mol. The molecule has 1 rings (SSSR count). The third-order valence-corrected chi connectivity index (χ3v) is 2.50. The molecular formula is C3H7NO2S. The molecule has 0 aliphatic carbocycles.